The van der Waals surface area contributed by atoms with Crippen molar-refractivity contribution in [1.29, 1.82) is 0 Å². The Morgan fingerprint density at radius 1 is 1.25 bits per heavy atom. The summed E-state index contributed by atoms with van der Waals surface area (Å²) in [6.07, 6.45) is 0. The van der Waals surface area contributed by atoms with Crippen LogP contribution in [-0.4, -0.2) is 37.7 Å². The second-order valence-corrected chi connectivity index (χ2v) is 5.65. The zero-order valence-corrected chi connectivity index (χ0v) is 10.2. The van der Waals surface area contributed by atoms with E-state index in [1.165, 1.54) is 26.2 Å². The van der Waals surface area contributed by atoms with Crippen LogP contribution in [0.15, 0.2) is 34.3 Å². The van der Waals surface area contributed by atoms with E-state index in [0.717, 1.165) is 4.31 Å². The van der Waals surface area contributed by atoms with Crippen molar-refractivity contribution in [2.75, 3.05) is 14.1 Å². The summed E-state index contributed by atoms with van der Waals surface area (Å²) in [7, 11) is -0.443. The van der Waals surface area contributed by atoms with Crippen LogP contribution in [0.1, 0.15) is 12.5 Å². The van der Waals surface area contributed by atoms with Crippen LogP contribution in [0.3, 0.4) is 0 Å². The molecule has 0 saturated carbocycles. The molecule has 0 fully saturated rings. The Morgan fingerprint density at radius 3 is 2.12 bits per heavy atom. The van der Waals surface area contributed by atoms with Gasteiger partial charge in [0.05, 0.1) is 10.6 Å². The van der Waals surface area contributed by atoms with Gasteiger partial charge in [-0.3, -0.25) is 0 Å². The third kappa shape index (κ3) is 2.40. The van der Waals surface area contributed by atoms with Crippen LogP contribution in [0.5, 0.6) is 0 Å². The van der Waals surface area contributed by atoms with E-state index < -0.39 is 10.0 Å². The topological polar surface area (TPSA) is 70.0 Å². The van der Waals surface area contributed by atoms with Crippen molar-refractivity contribution in [3.05, 3.63) is 29.8 Å². The first kappa shape index (κ1) is 12.7. The Balaban J connectivity index is 3.15. The molecule has 5 nitrogen and oxygen atoms in total. The van der Waals surface area contributed by atoms with Crippen LogP contribution in [-0.2, 0) is 10.0 Å². The fourth-order valence-electron chi connectivity index (χ4n) is 1.14. The van der Waals surface area contributed by atoms with Crippen LogP contribution in [0, 0.1) is 0 Å². The number of rotatable bonds is 3. The standard InChI is InChI=1S/C10H14N2O3S/c1-8(11-13)9-4-6-10(7-5-9)16(14,15)12(2)3/h4-7,13H,1-3H3/b11-8-. The maximum Gasteiger partial charge on any atom is 0.242 e. The van der Waals surface area contributed by atoms with E-state index in [1.807, 2.05) is 0 Å². The Hall–Kier alpha value is -1.40. The summed E-state index contributed by atoms with van der Waals surface area (Å²) >= 11 is 0. The van der Waals surface area contributed by atoms with Crippen molar-refractivity contribution < 1.29 is 13.6 Å². The lowest BCUT2D eigenvalue weighted by Crippen LogP contribution is -2.22. The minimum Gasteiger partial charge on any atom is -0.411 e. The molecule has 0 aliphatic heterocycles. The lowest BCUT2D eigenvalue weighted by molar-refractivity contribution is 0.319. The third-order valence-corrected chi connectivity index (χ3v) is 4.03. The minimum absolute atomic E-state index is 0.215. The molecule has 0 saturated heterocycles. The van der Waals surface area contributed by atoms with Gasteiger partial charge in [-0.2, -0.15) is 0 Å². The largest absolute Gasteiger partial charge is 0.411 e. The summed E-state index contributed by atoms with van der Waals surface area (Å²) in [5, 5.41) is 11.6. The molecular weight excluding hydrogens is 228 g/mol. The van der Waals surface area contributed by atoms with Crippen molar-refractivity contribution in [2.24, 2.45) is 5.16 Å². The Kier molecular flexibility index (Phi) is 3.66. The number of hydrogen-bond donors (Lipinski definition) is 1. The molecule has 0 atom stereocenters. The third-order valence-electron chi connectivity index (χ3n) is 2.20. The predicted octanol–water partition coefficient (Wildman–Crippen LogP) is 1.14. The van der Waals surface area contributed by atoms with E-state index >= 15 is 0 Å². The lowest BCUT2D eigenvalue weighted by Gasteiger charge is -2.11. The minimum atomic E-state index is -3.40. The highest BCUT2D eigenvalue weighted by atomic mass is 32.2. The zero-order valence-electron chi connectivity index (χ0n) is 9.38. The fraction of sp³-hybridized carbons (Fsp3) is 0.300. The smallest absolute Gasteiger partial charge is 0.242 e. The van der Waals surface area contributed by atoms with Crippen LogP contribution >= 0.6 is 0 Å². The molecule has 1 N–H and O–H groups in total. The van der Waals surface area contributed by atoms with Gasteiger partial charge in [0, 0.05) is 14.1 Å². The monoisotopic (exact) mass is 242 g/mol. The van der Waals surface area contributed by atoms with Crippen molar-refractivity contribution in [3.8, 4) is 0 Å². The Morgan fingerprint density at radius 2 is 1.75 bits per heavy atom. The van der Waals surface area contributed by atoms with Gasteiger partial charge in [-0.15, -0.1) is 0 Å². The molecule has 1 aromatic carbocycles. The van der Waals surface area contributed by atoms with Crippen molar-refractivity contribution in [3.63, 3.8) is 0 Å². The average Bonchev–Trinajstić information content (AvgIpc) is 2.28. The quantitative estimate of drug-likeness (QED) is 0.491. The summed E-state index contributed by atoms with van der Waals surface area (Å²) < 4.78 is 24.6. The van der Waals surface area contributed by atoms with Gasteiger partial charge in [0.15, 0.2) is 0 Å². The van der Waals surface area contributed by atoms with Crippen LogP contribution < -0.4 is 0 Å². The highest BCUT2D eigenvalue weighted by Gasteiger charge is 2.16. The molecule has 16 heavy (non-hydrogen) atoms. The van der Waals surface area contributed by atoms with E-state index in [4.69, 9.17) is 5.21 Å². The molecule has 0 bridgehead atoms. The molecule has 88 valence electrons. The molecule has 6 heteroatoms. The van der Waals surface area contributed by atoms with Gasteiger partial charge < -0.3 is 5.21 Å². The SMILES string of the molecule is C/C(=N/O)c1ccc(S(=O)(=O)N(C)C)cc1. The number of nitrogens with zero attached hydrogens (tertiary/aromatic N) is 2. The Labute approximate surface area is 95.1 Å². The van der Waals surface area contributed by atoms with Gasteiger partial charge >= 0.3 is 0 Å². The van der Waals surface area contributed by atoms with Crippen molar-refractivity contribution in [1.82, 2.24) is 4.31 Å². The maximum absolute atomic E-state index is 11.7. The summed E-state index contributed by atoms with van der Waals surface area (Å²) in [6.45, 7) is 1.63. The molecule has 0 aromatic heterocycles. The van der Waals surface area contributed by atoms with Crippen molar-refractivity contribution >= 4 is 15.7 Å². The molecule has 0 radical (unpaired) electrons. The molecule has 0 heterocycles. The summed E-state index contributed by atoms with van der Waals surface area (Å²) in [4.78, 5) is 0.215. The van der Waals surface area contributed by atoms with Gasteiger partial charge in [0.25, 0.3) is 0 Å². The maximum atomic E-state index is 11.7. The van der Waals surface area contributed by atoms with E-state index in [0.29, 0.717) is 11.3 Å². The van der Waals surface area contributed by atoms with Gasteiger partial charge in [0.1, 0.15) is 0 Å². The summed E-state index contributed by atoms with van der Waals surface area (Å²) in [5.74, 6) is 0. The second kappa shape index (κ2) is 4.63. The molecular formula is C10H14N2O3S. The number of sulfonamides is 1. The van der Waals surface area contributed by atoms with Crippen LogP contribution in [0.4, 0.5) is 0 Å². The lowest BCUT2D eigenvalue weighted by atomic mass is 10.1. The Bertz CT molecular complexity index is 489. The summed E-state index contributed by atoms with van der Waals surface area (Å²) in [5.41, 5.74) is 1.12. The highest BCUT2D eigenvalue weighted by Crippen LogP contribution is 2.14. The number of hydrogen-bond acceptors (Lipinski definition) is 4. The molecule has 0 amide bonds. The van der Waals surface area contributed by atoms with Gasteiger partial charge in [-0.25, -0.2) is 12.7 Å². The first-order valence-electron chi connectivity index (χ1n) is 4.61. The van der Waals surface area contributed by atoms with Crippen LogP contribution in [0.25, 0.3) is 0 Å². The zero-order chi connectivity index (χ0) is 12.3. The average molecular weight is 242 g/mol. The summed E-state index contributed by atoms with van der Waals surface area (Å²) in [6, 6.07) is 6.18. The molecule has 0 unspecified atom stereocenters. The van der Waals surface area contributed by atoms with Crippen molar-refractivity contribution in [2.45, 2.75) is 11.8 Å². The highest BCUT2D eigenvalue weighted by molar-refractivity contribution is 7.89. The predicted molar refractivity (Wildman–Crippen MR) is 61.3 cm³/mol. The molecule has 0 aliphatic rings. The van der Waals surface area contributed by atoms with E-state index in [-0.39, 0.29) is 4.90 Å². The van der Waals surface area contributed by atoms with Crippen LogP contribution in [0.2, 0.25) is 0 Å². The van der Waals surface area contributed by atoms with E-state index in [1.54, 1.807) is 19.1 Å². The number of benzene rings is 1. The molecule has 0 spiro atoms. The first-order chi connectivity index (χ1) is 7.39. The molecule has 0 aliphatic carbocycles. The first-order valence-corrected chi connectivity index (χ1v) is 6.05. The second-order valence-electron chi connectivity index (χ2n) is 3.50. The molecule has 1 aromatic rings. The fourth-order valence-corrected chi connectivity index (χ4v) is 2.04. The van der Waals surface area contributed by atoms with Gasteiger partial charge in [0.2, 0.25) is 10.0 Å². The number of oxime groups is 1. The van der Waals surface area contributed by atoms with E-state index in [9.17, 15) is 8.42 Å². The molecule has 1 rings (SSSR count). The van der Waals surface area contributed by atoms with Gasteiger partial charge in [-0.05, 0) is 24.6 Å². The van der Waals surface area contributed by atoms with E-state index in [2.05, 4.69) is 5.16 Å². The van der Waals surface area contributed by atoms with Gasteiger partial charge in [-0.1, -0.05) is 17.3 Å². The normalized spacial score (nSPS) is 13.1.